The van der Waals surface area contributed by atoms with Crippen molar-refractivity contribution in [2.45, 2.75) is 65.5 Å². The zero-order valence-corrected chi connectivity index (χ0v) is 11.6. The topological polar surface area (TPSA) is 15.3 Å². The van der Waals surface area contributed by atoms with Gasteiger partial charge in [0.05, 0.1) is 0 Å². The molecule has 16 heavy (non-hydrogen) atoms. The SMILES string of the molecule is CCCN(CC1CCCN1)C(CC)C(C)C. The molecule has 2 atom stereocenters. The van der Waals surface area contributed by atoms with Crippen LogP contribution in [-0.4, -0.2) is 36.6 Å². The molecule has 0 amide bonds. The minimum absolute atomic E-state index is 0.749. The lowest BCUT2D eigenvalue weighted by molar-refractivity contribution is 0.138. The van der Waals surface area contributed by atoms with Crippen LogP contribution >= 0.6 is 0 Å². The predicted molar refractivity (Wildman–Crippen MR) is 71.8 cm³/mol. The summed E-state index contributed by atoms with van der Waals surface area (Å²) >= 11 is 0. The molecular weight excluding hydrogens is 196 g/mol. The fraction of sp³-hybridized carbons (Fsp3) is 1.00. The lowest BCUT2D eigenvalue weighted by Gasteiger charge is -2.35. The van der Waals surface area contributed by atoms with Crippen molar-refractivity contribution in [3.05, 3.63) is 0 Å². The van der Waals surface area contributed by atoms with Crippen molar-refractivity contribution in [3.63, 3.8) is 0 Å². The van der Waals surface area contributed by atoms with Crippen LogP contribution in [-0.2, 0) is 0 Å². The average molecular weight is 226 g/mol. The smallest absolute Gasteiger partial charge is 0.0195 e. The van der Waals surface area contributed by atoms with E-state index >= 15 is 0 Å². The number of rotatable bonds is 7. The summed E-state index contributed by atoms with van der Waals surface area (Å²) in [5, 5.41) is 3.62. The van der Waals surface area contributed by atoms with Crippen molar-refractivity contribution >= 4 is 0 Å². The summed E-state index contributed by atoms with van der Waals surface area (Å²) < 4.78 is 0. The molecule has 0 spiro atoms. The molecule has 0 aromatic carbocycles. The molecule has 2 unspecified atom stereocenters. The van der Waals surface area contributed by atoms with E-state index in [1.165, 1.54) is 45.3 Å². The summed E-state index contributed by atoms with van der Waals surface area (Å²) in [6.45, 7) is 13.1. The Hall–Kier alpha value is -0.0800. The molecule has 1 heterocycles. The second-order valence-electron chi connectivity index (χ2n) is 5.51. The minimum atomic E-state index is 0.749. The molecule has 1 aliphatic rings. The van der Waals surface area contributed by atoms with Gasteiger partial charge in [-0.1, -0.05) is 27.7 Å². The van der Waals surface area contributed by atoms with Gasteiger partial charge < -0.3 is 5.32 Å². The summed E-state index contributed by atoms with van der Waals surface area (Å²) in [7, 11) is 0. The lowest BCUT2D eigenvalue weighted by Crippen LogP contribution is -2.45. The van der Waals surface area contributed by atoms with Gasteiger partial charge in [-0.2, -0.15) is 0 Å². The van der Waals surface area contributed by atoms with E-state index in [2.05, 4.69) is 37.9 Å². The second kappa shape index (κ2) is 7.29. The van der Waals surface area contributed by atoms with Crippen LogP contribution in [0.3, 0.4) is 0 Å². The summed E-state index contributed by atoms with van der Waals surface area (Å²) in [5.41, 5.74) is 0. The van der Waals surface area contributed by atoms with Gasteiger partial charge in [0.1, 0.15) is 0 Å². The molecule has 1 fully saturated rings. The Morgan fingerprint density at radius 2 is 2.06 bits per heavy atom. The monoisotopic (exact) mass is 226 g/mol. The number of nitrogens with zero attached hydrogens (tertiary/aromatic N) is 1. The third kappa shape index (κ3) is 4.06. The molecule has 0 saturated carbocycles. The van der Waals surface area contributed by atoms with E-state index in [9.17, 15) is 0 Å². The number of nitrogens with one attached hydrogen (secondary N) is 1. The van der Waals surface area contributed by atoms with Crippen LogP contribution in [0.1, 0.15) is 53.4 Å². The third-order valence-corrected chi connectivity index (χ3v) is 3.78. The molecule has 0 aromatic rings. The molecule has 1 rings (SSSR count). The quantitative estimate of drug-likeness (QED) is 0.718. The van der Waals surface area contributed by atoms with Gasteiger partial charge in [0.15, 0.2) is 0 Å². The molecule has 1 aliphatic heterocycles. The zero-order chi connectivity index (χ0) is 12.0. The van der Waals surface area contributed by atoms with Crippen LogP contribution in [0.25, 0.3) is 0 Å². The summed E-state index contributed by atoms with van der Waals surface area (Å²) in [4.78, 5) is 2.72. The maximum atomic E-state index is 3.62. The van der Waals surface area contributed by atoms with E-state index in [1.54, 1.807) is 0 Å². The third-order valence-electron chi connectivity index (χ3n) is 3.78. The van der Waals surface area contributed by atoms with Gasteiger partial charge in [0.25, 0.3) is 0 Å². The van der Waals surface area contributed by atoms with E-state index in [4.69, 9.17) is 0 Å². The highest BCUT2D eigenvalue weighted by atomic mass is 15.2. The summed E-state index contributed by atoms with van der Waals surface area (Å²) in [6, 6.07) is 1.52. The van der Waals surface area contributed by atoms with E-state index in [0.29, 0.717) is 0 Å². The first kappa shape index (κ1) is 14.0. The molecule has 0 aromatic heterocycles. The highest BCUT2D eigenvalue weighted by Crippen LogP contribution is 2.17. The first-order chi connectivity index (χ1) is 7.69. The van der Waals surface area contributed by atoms with Crippen molar-refractivity contribution in [2.75, 3.05) is 19.6 Å². The number of hydrogen-bond donors (Lipinski definition) is 1. The van der Waals surface area contributed by atoms with E-state index in [0.717, 1.165) is 18.0 Å². The maximum Gasteiger partial charge on any atom is 0.0195 e. The molecule has 1 N–H and O–H groups in total. The highest BCUT2D eigenvalue weighted by molar-refractivity contribution is 4.82. The molecule has 0 bridgehead atoms. The molecule has 1 saturated heterocycles. The molecular formula is C14H30N2. The van der Waals surface area contributed by atoms with Crippen molar-refractivity contribution < 1.29 is 0 Å². The van der Waals surface area contributed by atoms with Crippen molar-refractivity contribution in [1.29, 1.82) is 0 Å². The van der Waals surface area contributed by atoms with Crippen LogP contribution in [0.4, 0.5) is 0 Å². The van der Waals surface area contributed by atoms with Crippen molar-refractivity contribution in [1.82, 2.24) is 10.2 Å². The summed E-state index contributed by atoms with van der Waals surface area (Å²) in [5.74, 6) is 0.776. The Balaban J connectivity index is 2.49. The standard InChI is InChI=1S/C14H30N2/c1-5-10-16(14(6-2)12(3)4)11-13-8-7-9-15-13/h12-15H,5-11H2,1-4H3. The Bertz CT molecular complexity index is 174. The van der Waals surface area contributed by atoms with Crippen LogP contribution < -0.4 is 5.32 Å². The fourth-order valence-electron chi connectivity index (χ4n) is 3.03. The van der Waals surface area contributed by atoms with Gasteiger partial charge in [0, 0.05) is 18.6 Å². The largest absolute Gasteiger partial charge is 0.313 e. The lowest BCUT2D eigenvalue weighted by atomic mass is 9.99. The van der Waals surface area contributed by atoms with E-state index in [-0.39, 0.29) is 0 Å². The van der Waals surface area contributed by atoms with Crippen LogP contribution in [0.5, 0.6) is 0 Å². The number of hydrogen-bond acceptors (Lipinski definition) is 2. The van der Waals surface area contributed by atoms with Crippen molar-refractivity contribution in [2.24, 2.45) is 5.92 Å². The van der Waals surface area contributed by atoms with Crippen molar-refractivity contribution in [3.8, 4) is 0 Å². The maximum absolute atomic E-state index is 3.62. The minimum Gasteiger partial charge on any atom is -0.313 e. The molecule has 2 heteroatoms. The van der Waals surface area contributed by atoms with Gasteiger partial charge in [-0.05, 0) is 44.7 Å². The Kier molecular flexibility index (Phi) is 6.37. The van der Waals surface area contributed by atoms with E-state index in [1.807, 2.05) is 0 Å². The van der Waals surface area contributed by atoms with Crippen LogP contribution in [0.15, 0.2) is 0 Å². The first-order valence-corrected chi connectivity index (χ1v) is 7.16. The first-order valence-electron chi connectivity index (χ1n) is 7.16. The normalized spacial score (nSPS) is 23.2. The molecule has 0 aliphatic carbocycles. The van der Waals surface area contributed by atoms with Gasteiger partial charge in [-0.15, -0.1) is 0 Å². The van der Waals surface area contributed by atoms with Crippen LogP contribution in [0.2, 0.25) is 0 Å². The Labute approximate surface area is 102 Å². The zero-order valence-electron chi connectivity index (χ0n) is 11.6. The molecule has 2 nitrogen and oxygen atoms in total. The van der Waals surface area contributed by atoms with Gasteiger partial charge in [-0.3, -0.25) is 4.90 Å². The summed E-state index contributed by atoms with van der Waals surface area (Å²) in [6.07, 6.45) is 5.29. The second-order valence-corrected chi connectivity index (χ2v) is 5.51. The van der Waals surface area contributed by atoms with E-state index < -0.39 is 0 Å². The fourth-order valence-corrected chi connectivity index (χ4v) is 3.03. The van der Waals surface area contributed by atoms with Gasteiger partial charge in [-0.25, -0.2) is 0 Å². The molecule has 96 valence electrons. The predicted octanol–water partition coefficient (Wildman–Crippen LogP) is 2.89. The highest BCUT2D eigenvalue weighted by Gasteiger charge is 2.23. The molecule has 0 radical (unpaired) electrons. The Morgan fingerprint density at radius 1 is 1.31 bits per heavy atom. The Morgan fingerprint density at radius 3 is 2.50 bits per heavy atom. The van der Waals surface area contributed by atoms with Gasteiger partial charge >= 0.3 is 0 Å². The van der Waals surface area contributed by atoms with Gasteiger partial charge in [0.2, 0.25) is 0 Å². The average Bonchev–Trinajstić information content (AvgIpc) is 2.71. The van der Waals surface area contributed by atoms with Crippen LogP contribution in [0, 0.1) is 5.92 Å².